The first-order valence-electron chi connectivity index (χ1n) is 6.47. The van der Waals surface area contributed by atoms with Crippen LogP contribution < -0.4 is 0 Å². The molecule has 0 aliphatic rings. The second-order valence-corrected chi connectivity index (χ2v) is 5.84. The maximum atomic E-state index is 10.8. The Labute approximate surface area is 122 Å². The number of benzene rings is 1. The quantitative estimate of drug-likeness (QED) is 0.910. The second kappa shape index (κ2) is 6.31. The van der Waals surface area contributed by atoms with Crippen LogP contribution in [-0.4, -0.2) is 15.7 Å². The van der Waals surface area contributed by atoms with Crippen molar-refractivity contribution in [3.8, 4) is 0 Å². The van der Waals surface area contributed by atoms with E-state index in [1.807, 2.05) is 37.4 Å². The van der Waals surface area contributed by atoms with Crippen molar-refractivity contribution in [1.82, 2.24) is 4.98 Å². The highest BCUT2D eigenvalue weighted by atomic mass is 79.9. The van der Waals surface area contributed by atoms with Crippen molar-refractivity contribution in [3.63, 3.8) is 0 Å². The van der Waals surface area contributed by atoms with Crippen molar-refractivity contribution >= 4 is 15.9 Å². The van der Waals surface area contributed by atoms with Crippen LogP contribution in [0.2, 0.25) is 0 Å². The third-order valence-corrected chi connectivity index (χ3v) is 3.76. The first kappa shape index (κ1) is 14.2. The fourth-order valence-corrected chi connectivity index (χ4v) is 2.63. The fraction of sp³-hybridized carbons (Fsp3) is 0.312. The van der Waals surface area contributed by atoms with Gasteiger partial charge < -0.3 is 5.11 Å². The minimum atomic E-state index is -0.718. The maximum absolute atomic E-state index is 10.8. The van der Waals surface area contributed by atoms with E-state index in [4.69, 9.17) is 0 Å². The van der Waals surface area contributed by atoms with Crippen LogP contribution in [0.25, 0.3) is 0 Å². The molecule has 0 spiro atoms. The van der Waals surface area contributed by atoms with Gasteiger partial charge in [-0.3, -0.25) is 4.98 Å². The van der Waals surface area contributed by atoms with E-state index in [-0.39, 0.29) is 0 Å². The lowest BCUT2D eigenvalue weighted by molar-refractivity contribution is 0.0368. The SMILES string of the molecule is CCC(O)(Cc1ccccc1)Cc1cncc(Br)c1. The molecular formula is C16H18BrNO. The Morgan fingerprint density at radius 1 is 1.11 bits per heavy atom. The number of pyridine rings is 1. The Balaban J connectivity index is 2.14. The molecular weight excluding hydrogens is 302 g/mol. The van der Waals surface area contributed by atoms with Crippen molar-refractivity contribution in [2.75, 3.05) is 0 Å². The van der Waals surface area contributed by atoms with Gasteiger partial charge in [-0.2, -0.15) is 0 Å². The van der Waals surface area contributed by atoms with Gasteiger partial charge in [0, 0.05) is 29.7 Å². The van der Waals surface area contributed by atoms with Crippen molar-refractivity contribution in [3.05, 3.63) is 64.4 Å². The molecule has 0 aliphatic carbocycles. The molecule has 3 heteroatoms. The van der Waals surface area contributed by atoms with Crippen molar-refractivity contribution in [2.45, 2.75) is 31.8 Å². The van der Waals surface area contributed by atoms with Gasteiger partial charge in [0.2, 0.25) is 0 Å². The molecule has 0 fully saturated rings. The summed E-state index contributed by atoms with van der Waals surface area (Å²) in [6.45, 7) is 2.02. The molecule has 1 aromatic carbocycles. The van der Waals surface area contributed by atoms with Gasteiger partial charge in [0.25, 0.3) is 0 Å². The Kier molecular flexibility index (Phi) is 4.72. The molecule has 0 amide bonds. The van der Waals surface area contributed by atoms with Gasteiger partial charge in [-0.1, -0.05) is 37.3 Å². The van der Waals surface area contributed by atoms with Crippen LogP contribution in [0, 0.1) is 0 Å². The third-order valence-electron chi connectivity index (χ3n) is 3.33. The Morgan fingerprint density at radius 2 is 1.79 bits per heavy atom. The topological polar surface area (TPSA) is 33.1 Å². The lowest BCUT2D eigenvalue weighted by Crippen LogP contribution is -2.33. The normalized spacial score (nSPS) is 14.1. The van der Waals surface area contributed by atoms with Crippen molar-refractivity contribution in [1.29, 1.82) is 0 Å². The molecule has 2 nitrogen and oxygen atoms in total. The highest BCUT2D eigenvalue weighted by molar-refractivity contribution is 9.10. The number of halogens is 1. The van der Waals surface area contributed by atoms with Crippen molar-refractivity contribution < 1.29 is 5.11 Å². The molecule has 0 bridgehead atoms. The molecule has 1 N–H and O–H groups in total. The van der Waals surface area contributed by atoms with E-state index in [9.17, 15) is 5.11 Å². The highest BCUT2D eigenvalue weighted by Gasteiger charge is 2.25. The van der Waals surface area contributed by atoms with E-state index in [1.165, 1.54) is 0 Å². The van der Waals surface area contributed by atoms with Gasteiger partial charge in [-0.05, 0) is 39.5 Å². The predicted molar refractivity (Wildman–Crippen MR) is 81.0 cm³/mol. The average Bonchev–Trinajstić information content (AvgIpc) is 2.40. The monoisotopic (exact) mass is 319 g/mol. The van der Waals surface area contributed by atoms with Gasteiger partial charge in [0.15, 0.2) is 0 Å². The van der Waals surface area contributed by atoms with E-state index in [0.29, 0.717) is 19.3 Å². The van der Waals surface area contributed by atoms with Crippen LogP contribution in [0.4, 0.5) is 0 Å². The number of aliphatic hydroxyl groups is 1. The summed E-state index contributed by atoms with van der Waals surface area (Å²) in [6.07, 6.45) is 5.57. The minimum absolute atomic E-state index is 0.616. The number of hydrogen-bond donors (Lipinski definition) is 1. The van der Waals surface area contributed by atoms with E-state index < -0.39 is 5.60 Å². The molecule has 0 saturated carbocycles. The first-order valence-corrected chi connectivity index (χ1v) is 7.26. The van der Waals surface area contributed by atoms with Gasteiger partial charge >= 0.3 is 0 Å². The van der Waals surface area contributed by atoms with Crippen LogP contribution in [0.1, 0.15) is 24.5 Å². The molecule has 0 saturated heterocycles. The summed E-state index contributed by atoms with van der Waals surface area (Å²) >= 11 is 3.41. The summed E-state index contributed by atoms with van der Waals surface area (Å²) in [5.74, 6) is 0. The third kappa shape index (κ3) is 4.15. The summed E-state index contributed by atoms with van der Waals surface area (Å²) < 4.78 is 0.947. The van der Waals surface area contributed by atoms with Crippen LogP contribution in [0.3, 0.4) is 0 Å². The van der Waals surface area contributed by atoms with Gasteiger partial charge in [-0.25, -0.2) is 0 Å². The van der Waals surface area contributed by atoms with Crippen LogP contribution >= 0.6 is 15.9 Å². The summed E-state index contributed by atoms with van der Waals surface area (Å²) in [4.78, 5) is 4.15. The molecule has 1 unspecified atom stereocenters. The molecule has 0 radical (unpaired) electrons. The zero-order valence-corrected chi connectivity index (χ0v) is 12.6. The second-order valence-electron chi connectivity index (χ2n) is 4.93. The molecule has 19 heavy (non-hydrogen) atoms. The van der Waals surface area contributed by atoms with Crippen LogP contribution in [-0.2, 0) is 12.8 Å². The van der Waals surface area contributed by atoms with Gasteiger partial charge in [-0.15, -0.1) is 0 Å². The van der Waals surface area contributed by atoms with E-state index in [2.05, 4.69) is 33.0 Å². The lowest BCUT2D eigenvalue weighted by atomic mass is 9.86. The zero-order valence-electron chi connectivity index (χ0n) is 11.0. The Morgan fingerprint density at radius 3 is 2.42 bits per heavy atom. The average molecular weight is 320 g/mol. The predicted octanol–water partition coefficient (Wildman–Crippen LogP) is 3.77. The van der Waals surface area contributed by atoms with Crippen molar-refractivity contribution in [2.24, 2.45) is 0 Å². The maximum Gasteiger partial charge on any atom is 0.0726 e. The molecule has 1 aromatic heterocycles. The summed E-state index contributed by atoms with van der Waals surface area (Å²) in [5, 5.41) is 10.8. The molecule has 100 valence electrons. The van der Waals surface area contributed by atoms with Crippen LogP contribution in [0.5, 0.6) is 0 Å². The Hall–Kier alpha value is -1.19. The molecule has 2 aromatic rings. The van der Waals surface area contributed by atoms with E-state index in [0.717, 1.165) is 15.6 Å². The van der Waals surface area contributed by atoms with Crippen LogP contribution in [0.15, 0.2) is 53.3 Å². The highest BCUT2D eigenvalue weighted by Crippen LogP contribution is 2.23. The van der Waals surface area contributed by atoms with Gasteiger partial charge in [0.1, 0.15) is 0 Å². The summed E-state index contributed by atoms with van der Waals surface area (Å²) in [6, 6.07) is 12.1. The number of hydrogen-bond acceptors (Lipinski definition) is 2. The number of nitrogens with zero attached hydrogens (tertiary/aromatic N) is 1. The first-order chi connectivity index (χ1) is 9.11. The number of rotatable bonds is 5. The van der Waals surface area contributed by atoms with Gasteiger partial charge in [0.05, 0.1) is 5.60 Å². The molecule has 1 heterocycles. The van der Waals surface area contributed by atoms with E-state index >= 15 is 0 Å². The minimum Gasteiger partial charge on any atom is -0.389 e. The Bertz CT molecular complexity index is 529. The fourth-order valence-electron chi connectivity index (χ4n) is 2.22. The smallest absolute Gasteiger partial charge is 0.0726 e. The molecule has 2 rings (SSSR count). The zero-order chi connectivity index (χ0) is 13.7. The van der Waals surface area contributed by atoms with E-state index in [1.54, 1.807) is 6.20 Å². The summed E-state index contributed by atoms with van der Waals surface area (Å²) in [5.41, 5.74) is 1.49. The standard InChI is InChI=1S/C16H18BrNO/c1-2-16(19,9-13-6-4-3-5-7-13)10-14-8-15(17)12-18-11-14/h3-8,11-12,19H,2,9-10H2,1H3. The largest absolute Gasteiger partial charge is 0.389 e. The molecule has 1 atom stereocenters. The summed E-state index contributed by atoms with van der Waals surface area (Å²) in [7, 11) is 0. The molecule has 0 aliphatic heterocycles. The lowest BCUT2D eigenvalue weighted by Gasteiger charge is -2.27. The number of aromatic nitrogens is 1.